The van der Waals surface area contributed by atoms with E-state index in [9.17, 15) is 4.79 Å². The molecule has 1 heteroatoms. The van der Waals surface area contributed by atoms with Gasteiger partial charge in [-0.3, -0.25) is 4.79 Å². The van der Waals surface area contributed by atoms with E-state index in [0.29, 0.717) is 5.78 Å². The van der Waals surface area contributed by atoms with Crippen LogP contribution in [0.5, 0.6) is 0 Å². The maximum atomic E-state index is 11.8. The predicted molar refractivity (Wildman–Crippen MR) is 64.9 cm³/mol. The first-order valence-electron chi connectivity index (χ1n) is 6.46. The van der Waals surface area contributed by atoms with Gasteiger partial charge in [0.15, 0.2) is 5.78 Å². The number of Topliss-reactive ketones (excluding diaryl/α,β-unsaturated/α-hetero) is 1. The summed E-state index contributed by atoms with van der Waals surface area (Å²) >= 11 is 0. The summed E-state index contributed by atoms with van der Waals surface area (Å²) in [5, 5.41) is 0. The van der Waals surface area contributed by atoms with Crippen LogP contribution in [0.4, 0.5) is 0 Å². The van der Waals surface area contributed by atoms with E-state index >= 15 is 0 Å². The van der Waals surface area contributed by atoms with E-state index in [1.54, 1.807) is 0 Å². The minimum atomic E-state index is 0.415. The largest absolute Gasteiger partial charge is 0.295 e. The molecule has 0 N–H and O–H groups in total. The van der Waals surface area contributed by atoms with Crippen molar-refractivity contribution in [1.82, 2.24) is 0 Å². The lowest BCUT2D eigenvalue weighted by Crippen LogP contribution is -2.09. The Morgan fingerprint density at radius 2 is 2.20 bits per heavy atom. The Bertz CT molecular complexity index is 227. The third-order valence-electron chi connectivity index (χ3n) is 3.29. The van der Waals surface area contributed by atoms with Crippen LogP contribution in [0, 0.1) is 5.92 Å². The third kappa shape index (κ3) is 4.63. The van der Waals surface area contributed by atoms with Gasteiger partial charge in [-0.1, -0.05) is 39.2 Å². The van der Waals surface area contributed by atoms with Crippen LogP contribution in [-0.4, -0.2) is 5.78 Å². The van der Waals surface area contributed by atoms with Crippen molar-refractivity contribution >= 4 is 5.78 Å². The van der Waals surface area contributed by atoms with Crippen molar-refractivity contribution in [2.24, 2.45) is 5.92 Å². The SMILES string of the molecule is CCCCCCC(=O)C1=CCC(C)CC1. The van der Waals surface area contributed by atoms with Crippen LogP contribution < -0.4 is 0 Å². The van der Waals surface area contributed by atoms with Gasteiger partial charge in [0.05, 0.1) is 0 Å². The van der Waals surface area contributed by atoms with E-state index in [0.717, 1.165) is 37.2 Å². The van der Waals surface area contributed by atoms with Crippen molar-refractivity contribution in [3.8, 4) is 0 Å². The summed E-state index contributed by atoms with van der Waals surface area (Å²) in [7, 11) is 0. The molecule has 1 nitrogen and oxygen atoms in total. The van der Waals surface area contributed by atoms with Crippen molar-refractivity contribution in [2.45, 2.75) is 65.2 Å². The maximum Gasteiger partial charge on any atom is 0.158 e. The molecule has 0 saturated carbocycles. The van der Waals surface area contributed by atoms with Crippen LogP contribution in [0.1, 0.15) is 65.2 Å². The fraction of sp³-hybridized carbons (Fsp3) is 0.786. The molecular weight excluding hydrogens is 184 g/mol. The minimum Gasteiger partial charge on any atom is -0.295 e. The summed E-state index contributed by atoms with van der Waals surface area (Å²) in [5.74, 6) is 1.19. The van der Waals surface area contributed by atoms with E-state index in [1.165, 1.54) is 25.7 Å². The van der Waals surface area contributed by atoms with Crippen molar-refractivity contribution < 1.29 is 4.79 Å². The van der Waals surface area contributed by atoms with Crippen LogP contribution in [0.3, 0.4) is 0 Å². The third-order valence-corrected chi connectivity index (χ3v) is 3.29. The molecule has 0 fully saturated rings. The number of ketones is 1. The second-order valence-corrected chi connectivity index (χ2v) is 4.84. The quantitative estimate of drug-likeness (QED) is 0.596. The first-order chi connectivity index (χ1) is 7.24. The number of rotatable bonds is 6. The van der Waals surface area contributed by atoms with Crippen molar-refractivity contribution in [2.75, 3.05) is 0 Å². The highest BCUT2D eigenvalue weighted by Crippen LogP contribution is 2.24. The normalized spacial score (nSPS) is 21.2. The molecule has 0 amide bonds. The molecular formula is C14H24O. The molecule has 1 aliphatic carbocycles. The summed E-state index contributed by atoms with van der Waals surface area (Å²) in [4.78, 5) is 11.8. The summed E-state index contributed by atoms with van der Waals surface area (Å²) < 4.78 is 0. The first kappa shape index (κ1) is 12.5. The molecule has 1 rings (SSSR count). The van der Waals surface area contributed by atoms with Crippen LogP contribution in [0.15, 0.2) is 11.6 Å². The number of hydrogen-bond donors (Lipinski definition) is 0. The van der Waals surface area contributed by atoms with Gasteiger partial charge in [-0.25, -0.2) is 0 Å². The Morgan fingerprint density at radius 3 is 2.80 bits per heavy atom. The van der Waals surface area contributed by atoms with E-state index in [-0.39, 0.29) is 0 Å². The minimum absolute atomic E-state index is 0.415. The smallest absolute Gasteiger partial charge is 0.158 e. The maximum absolute atomic E-state index is 11.8. The Hall–Kier alpha value is -0.590. The molecule has 0 heterocycles. The van der Waals surface area contributed by atoms with Gasteiger partial charge in [0, 0.05) is 6.42 Å². The molecule has 0 radical (unpaired) electrons. The molecule has 0 saturated heterocycles. The second-order valence-electron chi connectivity index (χ2n) is 4.84. The number of unbranched alkanes of at least 4 members (excludes halogenated alkanes) is 3. The number of carbonyl (C=O) groups is 1. The van der Waals surface area contributed by atoms with Crippen LogP contribution in [0.2, 0.25) is 0 Å². The zero-order chi connectivity index (χ0) is 11.1. The number of hydrogen-bond acceptors (Lipinski definition) is 1. The highest BCUT2D eigenvalue weighted by atomic mass is 16.1. The van der Waals surface area contributed by atoms with E-state index in [4.69, 9.17) is 0 Å². The first-order valence-corrected chi connectivity index (χ1v) is 6.46. The van der Waals surface area contributed by atoms with Gasteiger partial charge in [0.2, 0.25) is 0 Å². The van der Waals surface area contributed by atoms with E-state index in [2.05, 4.69) is 19.9 Å². The van der Waals surface area contributed by atoms with Crippen LogP contribution in [0.25, 0.3) is 0 Å². The van der Waals surface area contributed by atoms with Crippen LogP contribution in [-0.2, 0) is 4.79 Å². The Kier molecular flexibility index (Phi) is 5.67. The zero-order valence-corrected chi connectivity index (χ0v) is 10.2. The molecule has 15 heavy (non-hydrogen) atoms. The highest BCUT2D eigenvalue weighted by Gasteiger charge is 2.15. The molecule has 1 aliphatic rings. The lowest BCUT2D eigenvalue weighted by Gasteiger charge is -2.17. The molecule has 0 aromatic carbocycles. The second kappa shape index (κ2) is 6.81. The molecule has 0 aliphatic heterocycles. The lowest BCUT2D eigenvalue weighted by molar-refractivity contribution is -0.115. The van der Waals surface area contributed by atoms with Crippen molar-refractivity contribution in [1.29, 1.82) is 0 Å². The van der Waals surface area contributed by atoms with Gasteiger partial charge < -0.3 is 0 Å². The summed E-state index contributed by atoms with van der Waals surface area (Å²) in [6, 6.07) is 0. The number of carbonyl (C=O) groups excluding carboxylic acids is 1. The molecule has 1 atom stereocenters. The summed E-state index contributed by atoms with van der Waals surface area (Å²) in [6.45, 7) is 4.46. The zero-order valence-electron chi connectivity index (χ0n) is 10.2. The van der Waals surface area contributed by atoms with Gasteiger partial charge in [0.25, 0.3) is 0 Å². The van der Waals surface area contributed by atoms with E-state index < -0.39 is 0 Å². The molecule has 0 spiro atoms. The Morgan fingerprint density at radius 1 is 1.40 bits per heavy atom. The summed E-state index contributed by atoms with van der Waals surface area (Å²) in [5.41, 5.74) is 1.12. The van der Waals surface area contributed by atoms with Gasteiger partial charge in [-0.05, 0) is 37.2 Å². The average Bonchev–Trinajstić information content (AvgIpc) is 2.25. The lowest BCUT2D eigenvalue weighted by atomic mass is 9.88. The summed E-state index contributed by atoms with van der Waals surface area (Å²) in [6.07, 6.45) is 11.1. The topological polar surface area (TPSA) is 17.1 Å². The molecule has 0 aromatic heterocycles. The fourth-order valence-electron chi connectivity index (χ4n) is 2.09. The van der Waals surface area contributed by atoms with Crippen LogP contribution >= 0.6 is 0 Å². The number of allylic oxidation sites excluding steroid dienone is 2. The van der Waals surface area contributed by atoms with Crippen molar-refractivity contribution in [3.05, 3.63) is 11.6 Å². The monoisotopic (exact) mass is 208 g/mol. The standard InChI is InChI=1S/C14H24O/c1-3-4-5-6-7-14(15)13-10-8-12(2)9-11-13/h10,12H,3-9,11H2,1-2H3. The molecule has 0 bridgehead atoms. The predicted octanol–water partition coefficient (Wildman–Crippen LogP) is 4.27. The van der Waals surface area contributed by atoms with Gasteiger partial charge in [0.1, 0.15) is 0 Å². The molecule has 86 valence electrons. The fourth-order valence-corrected chi connectivity index (χ4v) is 2.09. The molecule has 0 aromatic rings. The Balaban J connectivity index is 2.22. The van der Waals surface area contributed by atoms with Crippen molar-refractivity contribution in [3.63, 3.8) is 0 Å². The highest BCUT2D eigenvalue weighted by molar-refractivity contribution is 5.95. The average molecular weight is 208 g/mol. The van der Waals surface area contributed by atoms with Gasteiger partial charge in [-0.2, -0.15) is 0 Å². The van der Waals surface area contributed by atoms with E-state index in [1.807, 2.05) is 0 Å². The van der Waals surface area contributed by atoms with Gasteiger partial charge in [-0.15, -0.1) is 0 Å². The van der Waals surface area contributed by atoms with Gasteiger partial charge >= 0.3 is 0 Å². The molecule has 1 unspecified atom stereocenters. The Labute approximate surface area is 93.9 Å².